The highest BCUT2D eigenvalue weighted by atomic mass is 32.2. The summed E-state index contributed by atoms with van der Waals surface area (Å²) >= 11 is 1.71. The number of thioether (sulfide) groups is 1. The lowest BCUT2D eigenvalue weighted by Crippen LogP contribution is -2.30. The van der Waals surface area contributed by atoms with Crippen LogP contribution in [-0.4, -0.2) is 31.4 Å². The molecule has 0 spiro atoms. The first kappa shape index (κ1) is 17.3. The van der Waals surface area contributed by atoms with Gasteiger partial charge >= 0.3 is 0 Å². The molecule has 5 nitrogen and oxygen atoms in total. The summed E-state index contributed by atoms with van der Waals surface area (Å²) in [6, 6.07) is 11.0. The summed E-state index contributed by atoms with van der Waals surface area (Å²) in [7, 11) is 0. The van der Waals surface area contributed by atoms with Gasteiger partial charge in [0.1, 0.15) is 17.3 Å². The number of furan rings is 1. The highest BCUT2D eigenvalue weighted by Gasteiger charge is 2.03. The van der Waals surface area contributed by atoms with Crippen molar-refractivity contribution in [3.63, 3.8) is 0 Å². The Kier molecular flexibility index (Phi) is 7.39. The molecule has 0 radical (unpaired) electrons. The SMILES string of the molecule is CCOc1ccc(OCC(=O)NCCSCc2ccco2)cc1. The lowest BCUT2D eigenvalue weighted by atomic mass is 10.3. The van der Waals surface area contributed by atoms with E-state index in [1.54, 1.807) is 30.2 Å². The molecule has 0 unspecified atom stereocenters. The molecule has 0 atom stereocenters. The molecule has 1 N–H and O–H groups in total. The van der Waals surface area contributed by atoms with Crippen LogP contribution in [0.25, 0.3) is 0 Å². The number of carbonyl (C=O) groups excluding carboxylic acids is 1. The number of hydrogen-bond acceptors (Lipinski definition) is 5. The maximum atomic E-state index is 11.7. The number of carbonyl (C=O) groups is 1. The summed E-state index contributed by atoms with van der Waals surface area (Å²) in [6.45, 7) is 3.18. The van der Waals surface area contributed by atoms with Gasteiger partial charge in [-0.25, -0.2) is 0 Å². The predicted octanol–water partition coefficient (Wildman–Crippen LogP) is 3.11. The molecule has 0 aliphatic rings. The summed E-state index contributed by atoms with van der Waals surface area (Å²) in [5.41, 5.74) is 0. The van der Waals surface area contributed by atoms with Crippen LogP contribution < -0.4 is 14.8 Å². The molecule has 1 aromatic heterocycles. The minimum atomic E-state index is -0.127. The van der Waals surface area contributed by atoms with Crippen LogP contribution in [0.4, 0.5) is 0 Å². The Labute approximate surface area is 140 Å². The van der Waals surface area contributed by atoms with Crippen LogP contribution in [0.1, 0.15) is 12.7 Å². The molecule has 0 bridgehead atoms. The zero-order chi connectivity index (χ0) is 16.3. The van der Waals surface area contributed by atoms with E-state index in [1.165, 1.54) is 0 Å². The first-order valence-electron chi connectivity index (χ1n) is 7.50. The zero-order valence-electron chi connectivity index (χ0n) is 13.1. The number of nitrogens with one attached hydrogen (secondary N) is 1. The Bertz CT molecular complexity index is 569. The van der Waals surface area contributed by atoms with Gasteiger partial charge < -0.3 is 19.2 Å². The summed E-state index contributed by atoms with van der Waals surface area (Å²) in [5.74, 6) is 3.90. The molecule has 2 rings (SSSR count). The summed E-state index contributed by atoms with van der Waals surface area (Å²) in [6.07, 6.45) is 1.66. The molecular formula is C17H21NO4S. The Morgan fingerprint density at radius 1 is 1.17 bits per heavy atom. The molecule has 0 fully saturated rings. The second kappa shape index (κ2) is 9.84. The molecule has 1 amide bonds. The largest absolute Gasteiger partial charge is 0.494 e. The number of benzene rings is 1. The Morgan fingerprint density at radius 2 is 1.91 bits per heavy atom. The first-order valence-corrected chi connectivity index (χ1v) is 8.66. The van der Waals surface area contributed by atoms with Gasteiger partial charge in [0.05, 0.1) is 18.6 Å². The fraction of sp³-hybridized carbons (Fsp3) is 0.353. The standard InChI is InChI=1S/C17H21NO4S/c1-2-20-14-5-7-15(8-6-14)22-12-17(19)18-9-11-23-13-16-4-3-10-21-16/h3-8,10H,2,9,11-13H2,1H3,(H,18,19). The van der Waals surface area contributed by atoms with Crippen LogP contribution in [0, 0.1) is 0 Å². The quantitative estimate of drug-likeness (QED) is 0.676. The van der Waals surface area contributed by atoms with Crippen molar-refractivity contribution in [2.24, 2.45) is 0 Å². The number of rotatable bonds is 10. The van der Waals surface area contributed by atoms with Gasteiger partial charge in [0, 0.05) is 12.3 Å². The fourth-order valence-corrected chi connectivity index (χ4v) is 2.58. The van der Waals surface area contributed by atoms with Crippen LogP contribution in [0.2, 0.25) is 0 Å². The molecule has 23 heavy (non-hydrogen) atoms. The average Bonchev–Trinajstić information content (AvgIpc) is 3.07. The minimum Gasteiger partial charge on any atom is -0.494 e. The molecule has 0 saturated carbocycles. The van der Waals surface area contributed by atoms with Gasteiger partial charge in [0.15, 0.2) is 6.61 Å². The van der Waals surface area contributed by atoms with Crippen molar-refractivity contribution in [1.82, 2.24) is 5.32 Å². The van der Waals surface area contributed by atoms with Gasteiger partial charge in [0.2, 0.25) is 0 Å². The van der Waals surface area contributed by atoms with E-state index < -0.39 is 0 Å². The van der Waals surface area contributed by atoms with E-state index in [9.17, 15) is 4.79 Å². The van der Waals surface area contributed by atoms with Gasteiger partial charge in [-0.1, -0.05) is 0 Å². The predicted molar refractivity (Wildman–Crippen MR) is 91.0 cm³/mol. The molecule has 1 heterocycles. The van der Waals surface area contributed by atoms with E-state index in [4.69, 9.17) is 13.9 Å². The molecule has 0 aliphatic heterocycles. The second-order valence-electron chi connectivity index (χ2n) is 4.67. The van der Waals surface area contributed by atoms with Gasteiger partial charge in [-0.05, 0) is 43.3 Å². The lowest BCUT2D eigenvalue weighted by molar-refractivity contribution is -0.122. The number of ether oxygens (including phenoxy) is 2. The Hall–Kier alpha value is -2.08. The third-order valence-corrected chi connectivity index (χ3v) is 3.88. The molecule has 1 aromatic carbocycles. The first-order chi connectivity index (χ1) is 11.3. The molecule has 124 valence electrons. The van der Waals surface area contributed by atoms with E-state index in [0.717, 1.165) is 23.0 Å². The van der Waals surface area contributed by atoms with E-state index in [2.05, 4.69) is 5.32 Å². The topological polar surface area (TPSA) is 60.7 Å². The summed E-state index contributed by atoms with van der Waals surface area (Å²) in [4.78, 5) is 11.7. The van der Waals surface area contributed by atoms with Gasteiger partial charge in [-0.3, -0.25) is 4.79 Å². The van der Waals surface area contributed by atoms with Gasteiger partial charge in [-0.2, -0.15) is 11.8 Å². The average molecular weight is 335 g/mol. The Morgan fingerprint density at radius 3 is 2.57 bits per heavy atom. The van der Waals surface area contributed by atoms with Crippen LogP contribution >= 0.6 is 11.8 Å². The van der Waals surface area contributed by atoms with E-state index in [-0.39, 0.29) is 12.5 Å². The summed E-state index contributed by atoms with van der Waals surface area (Å²) < 4.78 is 16.0. The molecular weight excluding hydrogens is 314 g/mol. The van der Waals surface area contributed by atoms with Crippen molar-refractivity contribution in [3.8, 4) is 11.5 Å². The van der Waals surface area contributed by atoms with Crippen molar-refractivity contribution >= 4 is 17.7 Å². The van der Waals surface area contributed by atoms with Gasteiger partial charge in [-0.15, -0.1) is 0 Å². The normalized spacial score (nSPS) is 10.3. The minimum absolute atomic E-state index is 0.0107. The van der Waals surface area contributed by atoms with Crippen LogP contribution in [-0.2, 0) is 10.5 Å². The molecule has 0 saturated heterocycles. The molecule has 0 aliphatic carbocycles. The van der Waals surface area contributed by atoms with E-state index in [0.29, 0.717) is 18.9 Å². The monoisotopic (exact) mass is 335 g/mol. The van der Waals surface area contributed by atoms with Crippen molar-refractivity contribution in [3.05, 3.63) is 48.4 Å². The van der Waals surface area contributed by atoms with E-state index >= 15 is 0 Å². The highest BCUT2D eigenvalue weighted by Crippen LogP contribution is 2.17. The van der Waals surface area contributed by atoms with Crippen molar-refractivity contribution in [1.29, 1.82) is 0 Å². The fourth-order valence-electron chi connectivity index (χ4n) is 1.83. The third kappa shape index (κ3) is 6.69. The van der Waals surface area contributed by atoms with Crippen LogP contribution in [0.15, 0.2) is 47.1 Å². The van der Waals surface area contributed by atoms with Crippen molar-refractivity contribution in [2.45, 2.75) is 12.7 Å². The van der Waals surface area contributed by atoms with Crippen molar-refractivity contribution in [2.75, 3.05) is 25.5 Å². The highest BCUT2D eigenvalue weighted by molar-refractivity contribution is 7.98. The zero-order valence-corrected chi connectivity index (χ0v) is 13.9. The Balaban J connectivity index is 1.55. The number of amides is 1. The van der Waals surface area contributed by atoms with Crippen LogP contribution in [0.3, 0.4) is 0 Å². The number of hydrogen-bond donors (Lipinski definition) is 1. The maximum absolute atomic E-state index is 11.7. The molecule has 6 heteroatoms. The third-order valence-electron chi connectivity index (χ3n) is 2.90. The summed E-state index contributed by atoms with van der Waals surface area (Å²) in [5, 5.41) is 2.82. The van der Waals surface area contributed by atoms with E-state index in [1.807, 2.05) is 31.2 Å². The van der Waals surface area contributed by atoms with Gasteiger partial charge in [0.25, 0.3) is 5.91 Å². The molecule has 2 aromatic rings. The van der Waals surface area contributed by atoms with Crippen molar-refractivity contribution < 1.29 is 18.7 Å². The van der Waals surface area contributed by atoms with Crippen LogP contribution in [0.5, 0.6) is 11.5 Å². The maximum Gasteiger partial charge on any atom is 0.257 e. The smallest absolute Gasteiger partial charge is 0.257 e. The second-order valence-corrected chi connectivity index (χ2v) is 5.78. The lowest BCUT2D eigenvalue weighted by Gasteiger charge is -2.08.